The van der Waals surface area contributed by atoms with Gasteiger partial charge in [0, 0.05) is 29.0 Å². The fourth-order valence-electron chi connectivity index (χ4n) is 2.48. The van der Waals surface area contributed by atoms with E-state index in [0.29, 0.717) is 10.9 Å². The van der Waals surface area contributed by atoms with Crippen LogP contribution in [0.3, 0.4) is 0 Å². The van der Waals surface area contributed by atoms with Gasteiger partial charge in [-0.05, 0) is 13.0 Å². The summed E-state index contributed by atoms with van der Waals surface area (Å²) < 4.78 is 0. The molecule has 1 N–H and O–H groups in total. The van der Waals surface area contributed by atoms with Crippen LogP contribution in [-0.2, 0) is 0 Å². The number of benzene rings is 1. The first-order valence-electron chi connectivity index (χ1n) is 6.54. The number of H-pyrrole nitrogens is 1. The maximum absolute atomic E-state index is 12.7. The zero-order valence-corrected chi connectivity index (χ0v) is 11.9. The zero-order valence-electron chi connectivity index (χ0n) is 11.1. The van der Waals surface area contributed by atoms with Crippen LogP contribution in [0, 0.1) is 0 Å². The number of para-hydroxylation sites is 1. The van der Waals surface area contributed by atoms with Crippen molar-refractivity contribution in [2.75, 3.05) is 12.3 Å². The van der Waals surface area contributed by atoms with Gasteiger partial charge in [-0.25, -0.2) is 0 Å². The van der Waals surface area contributed by atoms with Crippen molar-refractivity contribution in [1.82, 2.24) is 15.1 Å². The third kappa shape index (κ3) is 2.12. The number of carbonyl (C=O) groups excluding carboxylic acids is 1. The van der Waals surface area contributed by atoms with Crippen LogP contribution in [0.25, 0.3) is 10.9 Å². The summed E-state index contributed by atoms with van der Waals surface area (Å²) in [6.07, 6.45) is 0. The average molecular weight is 275 g/mol. The van der Waals surface area contributed by atoms with Gasteiger partial charge in [0.15, 0.2) is 5.69 Å². The molecule has 100 valence electrons. The molecule has 1 aromatic carbocycles. The van der Waals surface area contributed by atoms with Crippen LogP contribution < -0.4 is 0 Å². The molecule has 19 heavy (non-hydrogen) atoms. The molecular weight excluding hydrogens is 258 g/mol. The molecule has 0 spiro atoms. The number of hydrogen-bond acceptors (Lipinski definition) is 3. The number of carbonyl (C=O) groups is 1. The Bertz CT molecular complexity index is 610. The van der Waals surface area contributed by atoms with Crippen molar-refractivity contribution in [3.05, 3.63) is 30.0 Å². The average Bonchev–Trinajstić information content (AvgIpc) is 2.85. The Morgan fingerprint density at radius 1 is 1.42 bits per heavy atom. The molecule has 2 heterocycles. The Hall–Kier alpha value is -1.49. The van der Waals surface area contributed by atoms with E-state index in [1.165, 1.54) is 0 Å². The normalized spacial score (nSPS) is 23.8. The number of nitrogens with one attached hydrogen (secondary N) is 1. The third-order valence-electron chi connectivity index (χ3n) is 3.82. The summed E-state index contributed by atoms with van der Waals surface area (Å²) in [7, 11) is 0. The summed E-state index contributed by atoms with van der Waals surface area (Å²) in [5.41, 5.74) is 1.46. The quantitative estimate of drug-likeness (QED) is 0.870. The Morgan fingerprint density at radius 3 is 3.05 bits per heavy atom. The molecule has 1 saturated heterocycles. The molecule has 2 atom stereocenters. The van der Waals surface area contributed by atoms with Gasteiger partial charge < -0.3 is 4.90 Å². The van der Waals surface area contributed by atoms with Gasteiger partial charge in [0.1, 0.15) is 0 Å². The lowest BCUT2D eigenvalue weighted by Gasteiger charge is -2.37. The van der Waals surface area contributed by atoms with Crippen molar-refractivity contribution in [2.24, 2.45) is 0 Å². The van der Waals surface area contributed by atoms with Gasteiger partial charge >= 0.3 is 0 Å². The molecular formula is C14H17N3OS. The molecule has 1 aliphatic heterocycles. The van der Waals surface area contributed by atoms with E-state index in [-0.39, 0.29) is 11.9 Å². The van der Waals surface area contributed by atoms with Gasteiger partial charge in [-0.1, -0.05) is 25.1 Å². The van der Waals surface area contributed by atoms with Gasteiger partial charge in [0.25, 0.3) is 5.91 Å². The van der Waals surface area contributed by atoms with Crippen molar-refractivity contribution < 1.29 is 4.79 Å². The molecule has 0 aliphatic carbocycles. The van der Waals surface area contributed by atoms with Crippen molar-refractivity contribution >= 4 is 28.6 Å². The first-order valence-corrected chi connectivity index (χ1v) is 7.59. The van der Waals surface area contributed by atoms with E-state index < -0.39 is 0 Å². The Kier molecular flexibility index (Phi) is 3.22. The van der Waals surface area contributed by atoms with E-state index in [9.17, 15) is 4.79 Å². The molecule has 3 rings (SSSR count). The largest absolute Gasteiger partial charge is 0.333 e. The molecule has 4 nitrogen and oxygen atoms in total. The summed E-state index contributed by atoms with van der Waals surface area (Å²) in [5, 5.41) is 8.52. The maximum Gasteiger partial charge on any atom is 0.275 e. The number of nitrogens with zero attached hydrogens (tertiary/aromatic N) is 2. The fraction of sp³-hybridized carbons (Fsp3) is 0.429. The Labute approximate surface area is 116 Å². The van der Waals surface area contributed by atoms with Gasteiger partial charge in [-0.2, -0.15) is 16.9 Å². The number of thioether (sulfide) groups is 1. The molecule has 1 amide bonds. The minimum Gasteiger partial charge on any atom is -0.333 e. The molecule has 0 saturated carbocycles. The van der Waals surface area contributed by atoms with Crippen LogP contribution in [-0.4, -0.2) is 44.6 Å². The van der Waals surface area contributed by atoms with Crippen LogP contribution in [0.5, 0.6) is 0 Å². The number of rotatable bonds is 1. The van der Waals surface area contributed by atoms with Gasteiger partial charge in [0.2, 0.25) is 0 Å². The van der Waals surface area contributed by atoms with E-state index >= 15 is 0 Å². The minimum absolute atomic E-state index is 0.0390. The highest BCUT2D eigenvalue weighted by Gasteiger charge is 2.31. The highest BCUT2D eigenvalue weighted by molar-refractivity contribution is 8.00. The lowest BCUT2D eigenvalue weighted by Crippen LogP contribution is -2.48. The second kappa shape index (κ2) is 4.89. The van der Waals surface area contributed by atoms with Crippen LogP contribution in [0.15, 0.2) is 24.3 Å². The van der Waals surface area contributed by atoms with E-state index in [1.54, 1.807) is 0 Å². The highest BCUT2D eigenvalue weighted by atomic mass is 32.2. The Balaban J connectivity index is 1.95. The van der Waals surface area contributed by atoms with Crippen molar-refractivity contribution in [2.45, 2.75) is 25.1 Å². The predicted octanol–water partition coefficient (Wildman–Crippen LogP) is 2.53. The first kappa shape index (κ1) is 12.5. The smallest absolute Gasteiger partial charge is 0.275 e. The number of aromatic amines is 1. The predicted molar refractivity (Wildman–Crippen MR) is 78.5 cm³/mol. The summed E-state index contributed by atoms with van der Waals surface area (Å²) >= 11 is 1.93. The number of aromatic nitrogens is 2. The van der Waals surface area contributed by atoms with Crippen molar-refractivity contribution in [3.63, 3.8) is 0 Å². The molecule has 0 radical (unpaired) electrons. The number of amides is 1. The highest BCUT2D eigenvalue weighted by Crippen LogP contribution is 2.26. The molecule has 0 bridgehead atoms. The summed E-state index contributed by atoms with van der Waals surface area (Å²) in [6, 6.07) is 8.02. The minimum atomic E-state index is 0.0390. The van der Waals surface area contributed by atoms with E-state index in [1.807, 2.05) is 40.9 Å². The summed E-state index contributed by atoms with van der Waals surface area (Å²) in [6.45, 7) is 5.09. The second-order valence-electron chi connectivity index (χ2n) is 4.93. The first-order chi connectivity index (χ1) is 9.18. The molecule has 1 aromatic heterocycles. The van der Waals surface area contributed by atoms with E-state index in [4.69, 9.17) is 0 Å². The topological polar surface area (TPSA) is 49.0 Å². The Morgan fingerprint density at radius 2 is 2.21 bits per heavy atom. The molecule has 5 heteroatoms. The third-order valence-corrected chi connectivity index (χ3v) is 5.16. The monoisotopic (exact) mass is 275 g/mol. The summed E-state index contributed by atoms with van der Waals surface area (Å²) in [4.78, 5) is 14.6. The fourth-order valence-corrected chi connectivity index (χ4v) is 3.58. The lowest BCUT2D eigenvalue weighted by molar-refractivity contribution is 0.0694. The van der Waals surface area contributed by atoms with E-state index in [2.05, 4.69) is 24.0 Å². The van der Waals surface area contributed by atoms with Gasteiger partial charge in [0.05, 0.1) is 5.52 Å². The molecule has 1 aliphatic rings. The van der Waals surface area contributed by atoms with Crippen LogP contribution in [0.4, 0.5) is 0 Å². The van der Waals surface area contributed by atoms with Gasteiger partial charge in [-0.3, -0.25) is 9.89 Å². The summed E-state index contributed by atoms with van der Waals surface area (Å²) in [5.74, 6) is 1.04. The van der Waals surface area contributed by atoms with Crippen LogP contribution >= 0.6 is 11.8 Å². The molecule has 2 unspecified atom stereocenters. The molecule has 2 aromatic rings. The van der Waals surface area contributed by atoms with Crippen LogP contribution in [0.2, 0.25) is 0 Å². The zero-order chi connectivity index (χ0) is 13.4. The van der Waals surface area contributed by atoms with Crippen molar-refractivity contribution in [1.29, 1.82) is 0 Å². The second-order valence-corrected chi connectivity index (χ2v) is 6.42. The lowest BCUT2D eigenvalue weighted by atomic mass is 10.1. The standard InChI is InChI=1S/C14H17N3OS/c1-9-10(2)19-8-7-17(9)14(18)13-11-5-3-4-6-12(11)15-16-13/h3-6,9-10H,7-8H2,1-2H3,(H,15,16). The van der Waals surface area contributed by atoms with E-state index in [0.717, 1.165) is 23.2 Å². The molecule has 1 fully saturated rings. The van der Waals surface area contributed by atoms with Gasteiger partial charge in [-0.15, -0.1) is 0 Å². The number of fused-ring (bicyclic) bond motifs is 1. The maximum atomic E-state index is 12.7. The number of hydrogen-bond donors (Lipinski definition) is 1. The van der Waals surface area contributed by atoms with Crippen molar-refractivity contribution in [3.8, 4) is 0 Å². The SMILES string of the molecule is CC1SCCN(C(=O)c2n[nH]c3ccccc23)C1C. The van der Waals surface area contributed by atoms with Crippen LogP contribution in [0.1, 0.15) is 24.3 Å².